The molecule has 0 spiro atoms. The first-order valence-electron chi connectivity index (χ1n) is 4.36. The van der Waals surface area contributed by atoms with Crippen molar-refractivity contribution in [1.29, 1.82) is 0 Å². The quantitative estimate of drug-likeness (QED) is 0.610. The molecule has 0 aromatic carbocycles. The number of carbonyl (C=O) groups excluding carboxylic acids is 1. The third kappa shape index (κ3) is 1.70. The zero-order chi connectivity index (χ0) is 9.10. The second kappa shape index (κ2) is 3.57. The van der Waals surface area contributed by atoms with Gasteiger partial charge in [-0.05, 0) is 0 Å². The number of imidazole rings is 1. The van der Waals surface area contributed by atoms with E-state index in [0.29, 0.717) is 5.69 Å². The van der Waals surface area contributed by atoms with Crippen molar-refractivity contribution in [3.05, 3.63) is 18.2 Å². The van der Waals surface area contributed by atoms with Gasteiger partial charge in [0.15, 0.2) is 0 Å². The molecule has 1 saturated heterocycles. The third-order valence-electron chi connectivity index (χ3n) is 2.13. The van der Waals surface area contributed by atoms with Gasteiger partial charge in [0.1, 0.15) is 5.69 Å². The molecule has 5 heteroatoms. The largest absolute Gasteiger partial charge is 0.341 e. The van der Waals surface area contributed by atoms with Crippen LogP contribution in [0.5, 0.6) is 0 Å². The number of hydrogen-bond donors (Lipinski definition) is 2. The fraction of sp³-hybridized carbons (Fsp3) is 0.500. The first-order chi connectivity index (χ1) is 6.38. The average molecular weight is 180 g/mol. The molecule has 5 nitrogen and oxygen atoms in total. The van der Waals surface area contributed by atoms with Crippen molar-refractivity contribution in [1.82, 2.24) is 20.2 Å². The van der Waals surface area contributed by atoms with Crippen LogP contribution in [0.3, 0.4) is 0 Å². The molecule has 0 unspecified atom stereocenters. The van der Waals surface area contributed by atoms with Crippen LogP contribution in [0.2, 0.25) is 0 Å². The molecule has 70 valence electrons. The standard InChI is InChI=1S/C8H12N4O/c13-8(7-5-10-6-11-7)12-3-1-9-2-4-12/h5-6,9H,1-4H2,(H,10,11). The summed E-state index contributed by atoms with van der Waals surface area (Å²) in [5.41, 5.74) is 0.571. The normalized spacial score (nSPS) is 17.4. The van der Waals surface area contributed by atoms with Crippen LogP contribution in [0.4, 0.5) is 0 Å². The lowest BCUT2D eigenvalue weighted by Gasteiger charge is -2.26. The lowest BCUT2D eigenvalue weighted by atomic mass is 10.3. The van der Waals surface area contributed by atoms with E-state index in [1.54, 1.807) is 6.20 Å². The van der Waals surface area contributed by atoms with Gasteiger partial charge >= 0.3 is 0 Å². The van der Waals surface area contributed by atoms with Gasteiger partial charge < -0.3 is 15.2 Å². The maximum atomic E-state index is 11.7. The number of piperazine rings is 1. The number of nitrogens with zero attached hydrogens (tertiary/aromatic N) is 2. The fourth-order valence-corrected chi connectivity index (χ4v) is 1.41. The van der Waals surface area contributed by atoms with Gasteiger partial charge in [-0.3, -0.25) is 4.79 Å². The van der Waals surface area contributed by atoms with Crippen molar-refractivity contribution in [3.63, 3.8) is 0 Å². The molecular formula is C8H12N4O. The summed E-state index contributed by atoms with van der Waals surface area (Å²) in [6.07, 6.45) is 3.08. The van der Waals surface area contributed by atoms with Crippen LogP contribution in [0.25, 0.3) is 0 Å². The summed E-state index contributed by atoms with van der Waals surface area (Å²) in [6.45, 7) is 3.30. The molecule has 0 atom stereocenters. The van der Waals surface area contributed by atoms with Crippen LogP contribution in [-0.4, -0.2) is 47.0 Å². The van der Waals surface area contributed by atoms with Crippen molar-refractivity contribution >= 4 is 5.91 Å². The summed E-state index contributed by atoms with van der Waals surface area (Å²) < 4.78 is 0. The molecule has 1 aromatic rings. The van der Waals surface area contributed by atoms with Crippen LogP contribution >= 0.6 is 0 Å². The molecule has 1 aliphatic rings. The Balaban J connectivity index is 2.04. The first-order valence-corrected chi connectivity index (χ1v) is 4.36. The van der Waals surface area contributed by atoms with Crippen LogP contribution < -0.4 is 5.32 Å². The average Bonchev–Trinajstić information content (AvgIpc) is 2.71. The monoisotopic (exact) mass is 180 g/mol. The smallest absolute Gasteiger partial charge is 0.272 e. The third-order valence-corrected chi connectivity index (χ3v) is 2.13. The Bertz CT molecular complexity index is 276. The van der Waals surface area contributed by atoms with Crippen LogP contribution in [-0.2, 0) is 0 Å². The van der Waals surface area contributed by atoms with Crippen molar-refractivity contribution in [2.45, 2.75) is 0 Å². The SMILES string of the molecule is O=C(c1cnc[nH]1)N1CCNCC1. The maximum absolute atomic E-state index is 11.7. The summed E-state index contributed by atoms with van der Waals surface area (Å²) in [5, 5.41) is 3.20. The first kappa shape index (κ1) is 8.25. The van der Waals surface area contributed by atoms with Gasteiger partial charge in [0.05, 0.1) is 12.5 Å². The van der Waals surface area contributed by atoms with E-state index in [4.69, 9.17) is 0 Å². The van der Waals surface area contributed by atoms with E-state index in [1.165, 1.54) is 6.33 Å². The highest BCUT2D eigenvalue weighted by atomic mass is 16.2. The van der Waals surface area contributed by atoms with E-state index in [-0.39, 0.29) is 5.91 Å². The Hall–Kier alpha value is -1.36. The summed E-state index contributed by atoms with van der Waals surface area (Å²) in [7, 11) is 0. The van der Waals surface area contributed by atoms with Crippen LogP contribution in [0.1, 0.15) is 10.5 Å². The van der Waals surface area contributed by atoms with Gasteiger partial charge in [-0.15, -0.1) is 0 Å². The molecule has 1 aliphatic heterocycles. The molecule has 2 N–H and O–H groups in total. The summed E-state index contributed by atoms with van der Waals surface area (Å²) in [6, 6.07) is 0. The predicted octanol–water partition coefficient (Wildman–Crippen LogP) is -0.545. The molecule has 1 fully saturated rings. The molecule has 13 heavy (non-hydrogen) atoms. The second-order valence-corrected chi connectivity index (χ2v) is 3.01. The molecule has 0 aliphatic carbocycles. The summed E-state index contributed by atoms with van der Waals surface area (Å²) in [4.78, 5) is 20.1. The predicted molar refractivity (Wildman–Crippen MR) is 47.4 cm³/mol. The van der Waals surface area contributed by atoms with Crippen molar-refractivity contribution in [2.24, 2.45) is 0 Å². The van der Waals surface area contributed by atoms with Crippen molar-refractivity contribution in [3.8, 4) is 0 Å². The van der Waals surface area contributed by atoms with Gasteiger partial charge in [-0.1, -0.05) is 0 Å². The van der Waals surface area contributed by atoms with Gasteiger partial charge in [-0.2, -0.15) is 0 Å². The lowest BCUT2D eigenvalue weighted by molar-refractivity contribution is 0.0730. The van der Waals surface area contributed by atoms with Crippen LogP contribution in [0, 0.1) is 0 Å². The molecule has 0 saturated carbocycles. The molecule has 0 radical (unpaired) electrons. The van der Waals surface area contributed by atoms with E-state index in [0.717, 1.165) is 26.2 Å². The molecule has 2 heterocycles. The second-order valence-electron chi connectivity index (χ2n) is 3.01. The van der Waals surface area contributed by atoms with E-state index in [2.05, 4.69) is 15.3 Å². The number of nitrogens with one attached hydrogen (secondary N) is 2. The Labute approximate surface area is 76.2 Å². The Morgan fingerprint density at radius 1 is 1.46 bits per heavy atom. The minimum atomic E-state index is 0.0407. The number of carbonyl (C=O) groups is 1. The highest BCUT2D eigenvalue weighted by Crippen LogP contribution is 2.01. The summed E-state index contributed by atoms with van der Waals surface area (Å²) >= 11 is 0. The van der Waals surface area contributed by atoms with E-state index in [9.17, 15) is 4.79 Å². The molecule has 0 bridgehead atoms. The number of hydrogen-bond acceptors (Lipinski definition) is 3. The number of aromatic nitrogens is 2. The molecule has 1 amide bonds. The minimum Gasteiger partial charge on any atom is -0.341 e. The van der Waals surface area contributed by atoms with Crippen molar-refractivity contribution < 1.29 is 4.79 Å². The van der Waals surface area contributed by atoms with Gasteiger partial charge in [0.2, 0.25) is 0 Å². The van der Waals surface area contributed by atoms with Gasteiger partial charge in [0.25, 0.3) is 5.91 Å². The van der Waals surface area contributed by atoms with Gasteiger partial charge in [0, 0.05) is 26.2 Å². The highest BCUT2D eigenvalue weighted by molar-refractivity contribution is 5.92. The minimum absolute atomic E-state index is 0.0407. The Morgan fingerprint density at radius 2 is 2.23 bits per heavy atom. The number of aromatic amines is 1. The number of amides is 1. The maximum Gasteiger partial charge on any atom is 0.272 e. The fourth-order valence-electron chi connectivity index (χ4n) is 1.41. The van der Waals surface area contributed by atoms with Gasteiger partial charge in [-0.25, -0.2) is 4.98 Å². The number of rotatable bonds is 1. The topological polar surface area (TPSA) is 61.0 Å². The molecular weight excluding hydrogens is 168 g/mol. The highest BCUT2D eigenvalue weighted by Gasteiger charge is 2.18. The number of H-pyrrole nitrogens is 1. The Kier molecular flexibility index (Phi) is 2.27. The zero-order valence-electron chi connectivity index (χ0n) is 7.29. The van der Waals surface area contributed by atoms with Crippen molar-refractivity contribution in [2.75, 3.05) is 26.2 Å². The Morgan fingerprint density at radius 3 is 2.85 bits per heavy atom. The lowest BCUT2D eigenvalue weighted by Crippen LogP contribution is -2.46. The van der Waals surface area contributed by atoms with Crippen LogP contribution in [0.15, 0.2) is 12.5 Å². The van der Waals surface area contributed by atoms with E-state index in [1.807, 2.05) is 4.90 Å². The molecule has 2 rings (SSSR count). The van der Waals surface area contributed by atoms with E-state index < -0.39 is 0 Å². The zero-order valence-corrected chi connectivity index (χ0v) is 7.29. The van der Waals surface area contributed by atoms with E-state index >= 15 is 0 Å². The molecule has 1 aromatic heterocycles. The summed E-state index contributed by atoms with van der Waals surface area (Å²) in [5.74, 6) is 0.0407.